The lowest BCUT2D eigenvalue weighted by atomic mass is 9.96. The van der Waals surface area contributed by atoms with Crippen LogP contribution in [0.15, 0.2) is 12.1 Å². The molecule has 2 heteroatoms. The van der Waals surface area contributed by atoms with Crippen LogP contribution in [0.4, 0.5) is 0 Å². The van der Waals surface area contributed by atoms with Crippen molar-refractivity contribution < 1.29 is 0 Å². The van der Waals surface area contributed by atoms with Crippen LogP contribution < -0.4 is 5.73 Å². The van der Waals surface area contributed by atoms with Crippen molar-refractivity contribution in [3.63, 3.8) is 0 Å². The number of nitrogens with two attached hydrogens (primary N) is 1. The summed E-state index contributed by atoms with van der Waals surface area (Å²) < 4.78 is 0. The van der Waals surface area contributed by atoms with E-state index >= 15 is 0 Å². The highest BCUT2D eigenvalue weighted by atomic mass is 35.5. The smallest absolute Gasteiger partial charge is 0.0414 e. The van der Waals surface area contributed by atoms with E-state index in [-0.39, 0.29) is 5.54 Å². The van der Waals surface area contributed by atoms with Gasteiger partial charge in [0, 0.05) is 10.6 Å². The molecule has 70 valence electrons. The minimum absolute atomic E-state index is 0.0697. The van der Waals surface area contributed by atoms with Crippen LogP contribution in [0.2, 0.25) is 5.02 Å². The molecule has 13 heavy (non-hydrogen) atoms. The van der Waals surface area contributed by atoms with Gasteiger partial charge in [0.15, 0.2) is 0 Å². The monoisotopic (exact) mass is 195 g/mol. The standard InChI is InChI=1S/C11H14ClN/c1-7-5-9(12)6-10(8(7)2)11(13)3-4-11/h5-6H,3-4,13H2,1-2H3. The zero-order valence-corrected chi connectivity index (χ0v) is 8.78. The zero-order valence-electron chi connectivity index (χ0n) is 8.02. The maximum Gasteiger partial charge on any atom is 0.0414 e. The first-order valence-electron chi connectivity index (χ1n) is 4.59. The van der Waals surface area contributed by atoms with Crippen molar-refractivity contribution in [3.05, 3.63) is 33.8 Å². The third kappa shape index (κ3) is 1.47. The molecule has 0 atom stereocenters. The first kappa shape index (κ1) is 9.04. The molecular formula is C11H14ClN. The first-order chi connectivity index (χ1) is 6.03. The largest absolute Gasteiger partial charge is 0.321 e. The Labute approximate surface area is 83.9 Å². The van der Waals surface area contributed by atoms with Crippen LogP contribution >= 0.6 is 11.6 Å². The fraction of sp³-hybridized carbons (Fsp3) is 0.455. The average Bonchev–Trinajstić information content (AvgIpc) is 2.77. The van der Waals surface area contributed by atoms with Crippen LogP contribution in [0.5, 0.6) is 0 Å². The van der Waals surface area contributed by atoms with E-state index in [1.54, 1.807) is 0 Å². The quantitative estimate of drug-likeness (QED) is 0.733. The van der Waals surface area contributed by atoms with Gasteiger partial charge in [-0.1, -0.05) is 11.6 Å². The lowest BCUT2D eigenvalue weighted by Gasteiger charge is -2.15. The van der Waals surface area contributed by atoms with Gasteiger partial charge in [0.25, 0.3) is 0 Å². The Morgan fingerprint density at radius 3 is 2.46 bits per heavy atom. The lowest BCUT2D eigenvalue weighted by Crippen LogP contribution is -2.20. The number of halogens is 1. The molecule has 0 radical (unpaired) electrons. The van der Waals surface area contributed by atoms with Crippen molar-refractivity contribution in [1.29, 1.82) is 0 Å². The second kappa shape index (κ2) is 2.73. The van der Waals surface area contributed by atoms with Crippen molar-refractivity contribution in [3.8, 4) is 0 Å². The minimum Gasteiger partial charge on any atom is -0.321 e. The predicted octanol–water partition coefficient (Wildman–Crippen LogP) is 2.90. The summed E-state index contributed by atoms with van der Waals surface area (Å²) in [5.74, 6) is 0. The van der Waals surface area contributed by atoms with Gasteiger partial charge in [0.05, 0.1) is 0 Å². The molecule has 0 unspecified atom stereocenters. The van der Waals surface area contributed by atoms with Crippen LogP contribution in [-0.2, 0) is 5.54 Å². The highest BCUT2D eigenvalue weighted by molar-refractivity contribution is 6.30. The van der Waals surface area contributed by atoms with Crippen LogP contribution in [0.25, 0.3) is 0 Å². The Morgan fingerprint density at radius 2 is 1.92 bits per heavy atom. The molecule has 1 aliphatic carbocycles. The summed E-state index contributed by atoms with van der Waals surface area (Å²) in [6.45, 7) is 4.20. The molecule has 0 saturated heterocycles. The Balaban J connectivity index is 2.56. The number of aryl methyl sites for hydroxylation is 1. The van der Waals surface area contributed by atoms with E-state index in [4.69, 9.17) is 17.3 Å². The summed E-state index contributed by atoms with van der Waals surface area (Å²) in [6, 6.07) is 4.00. The van der Waals surface area contributed by atoms with Gasteiger partial charge in [-0.05, 0) is 55.5 Å². The maximum absolute atomic E-state index is 6.15. The van der Waals surface area contributed by atoms with Gasteiger partial charge in [0.2, 0.25) is 0 Å². The molecular weight excluding hydrogens is 182 g/mol. The number of rotatable bonds is 1. The highest BCUT2D eigenvalue weighted by Crippen LogP contribution is 2.45. The molecule has 1 nitrogen and oxygen atoms in total. The first-order valence-corrected chi connectivity index (χ1v) is 4.97. The SMILES string of the molecule is Cc1cc(Cl)cc(C2(N)CC2)c1C. The highest BCUT2D eigenvalue weighted by Gasteiger charge is 2.41. The van der Waals surface area contributed by atoms with Crippen molar-refractivity contribution in [2.45, 2.75) is 32.2 Å². The normalized spacial score (nSPS) is 18.8. The van der Waals surface area contributed by atoms with Gasteiger partial charge in [-0.2, -0.15) is 0 Å². The fourth-order valence-corrected chi connectivity index (χ4v) is 2.01. The van der Waals surface area contributed by atoms with Gasteiger partial charge < -0.3 is 5.73 Å². The van der Waals surface area contributed by atoms with Crippen molar-refractivity contribution in [2.75, 3.05) is 0 Å². The molecule has 0 amide bonds. The average molecular weight is 196 g/mol. The minimum atomic E-state index is -0.0697. The third-order valence-corrected chi connectivity index (χ3v) is 3.18. The Kier molecular flexibility index (Phi) is 1.90. The molecule has 1 aromatic rings. The maximum atomic E-state index is 6.15. The van der Waals surface area contributed by atoms with E-state index in [0.717, 1.165) is 17.9 Å². The number of hydrogen-bond donors (Lipinski definition) is 1. The fourth-order valence-electron chi connectivity index (χ4n) is 1.74. The van der Waals surface area contributed by atoms with Gasteiger partial charge in [0.1, 0.15) is 0 Å². The predicted molar refractivity (Wildman–Crippen MR) is 56.0 cm³/mol. The molecule has 1 aromatic carbocycles. The van der Waals surface area contributed by atoms with E-state index in [1.807, 2.05) is 12.1 Å². The summed E-state index contributed by atoms with van der Waals surface area (Å²) in [7, 11) is 0. The van der Waals surface area contributed by atoms with Crippen molar-refractivity contribution >= 4 is 11.6 Å². The van der Waals surface area contributed by atoms with Gasteiger partial charge in [-0.25, -0.2) is 0 Å². The second-order valence-electron chi connectivity index (χ2n) is 4.05. The van der Waals surface area contributed by atoms with Crippen LogP contribution in [0.3, 0.4) is 0 Å². The lowest BCUT2D eigenvalue weighted by molar-refractivity contribution is 0.732. The van der Waals surface area contributed by atoms with Crippen molar-refractivity contribution in [2.24, 2.45) is 5.73 Å². The van der Waals surface area contributed by atoms with Crippen LogP contribution in [0, 0.1) is 13.8 Å². The van der Waals surface area contributed by atoms with Gasteiger partial charge >= 0.3 is 0 Å². The van der Waals surface area contributed by atoms with E-state index in [0.29, 0.717) is 0 Å². The van der Waals surface area contributed by atoms with E-state index < -0.39 is 0 Å². The molecule has 2 N–H and O–H groups in total. The molecule has 0 spiro atoms. The summed E-state index contributed by atoms with van der Waals surface area (Å²) >= 11 is 6.00. The van der Waals surface area contributed by atoms with Crippen LogP contribution in [-0.4, -0.2) is 0 Å². The van der Waals surface area contributed by atoms with Crippen LogP contribution in [0.1, 0.15) is 29.5 Å². The molecule has 0 aliphatic heterocycles. The topological polar surface area (TPSA) is 26.0 Å². The summed E-state index contributed by atoms with van der Waals surface area (Å²) in [5.41, 5.74) is 9.84. The summed E-state index contributed by atoms with van der Waals surface area (Å²) in [5, 5.41) is 0.801. The van der Waals surface area contributed by atoms with E-state index in [2.05, 4.69) is 13.8 Å². The summed E-state index contributed by atoms with van der Waals surface area (Å²) in [4.78, 5) is 0. The Morgan fingerprint density at radius 1 is 1.31 bits per heavy atom. The number of benzene rings is 1. The van der Waals surface area contributed by atoms with E-state index in [9.17, 15) is 0 Å². The molecule has 0 heterocycles. The molecule has 0 aromatic heterocycles. The molecule has 0 bridgehead atoms. The Bertz CT molecular complexity index is 353. The number of hydrogen-bond acceptors (Lipinski definition) is 1. The van der Waals surface area contributed by atoms with E-state index in [1.165, 1.54) is 16.7 Å². The third-order valence-electron chi connectivity index (χ3n) is 2.96. The molecule has 1 aliphatic rings. The van der Waals surface area contributed by atoms with Crippen molar-refractivity contribution in [1.82, 2.24) is 0 Å². The zero-order chi connectivity index (χ0) is 9.64. The van der Waals surface area contributed by atoms with Gasteiger partial charge in [-0.3, -0.25) is 0 Å². The molecule has 2 rings (SSSR count). The molecule has 1 saturated carbocycles. The second-order valence-corrected chi connectivity index (χ2v) is 4.49. The Hall–Kier alpha value is -0.530. The molecule has 1 fully saturated rings. The van der Waals surface area contributed by atoms with Gasteiger partial charge in [-0.15, -0.1) is 0 Å². The summed E-state index contributed by atoms with van der Waals surface area (Å²) in [6.07, 6.45) is 2.18.